The number of ether oxygens (including phenoxy) is 2. The maximum absolute atomic E-state index is 12.8. The monoisotopic (exact) mass is 460 g/mol. The molecule has 0 aliphatic heterocycles. The molecular formula is C27H25ClN2O3. The zero-order valence-corrected chi connectivity index (χ0v) is 19.8. The van der Waals surface area contributed by atoms with Crippen molar-refractivity contribution < 1.29 is 14.3 Å². The Labute approximate surface area is 199 Å². The number of nitriles is 1. The molecule has 1 N–H and O–H groups in total. The number of rotatable bonds is 7. The van der Waals surface area contributed by atoms with E-state index in [1.165, 1.54) is 13.2 Å². The van der Waals surface area contributed by atoms with Crippen LogP contribution in [0.2, 0.25) is 5.02 Å². The van der Waals surface area contributed by atoms with E-state index in [0.717, 1.165) is 22.3 Å². The normalized spacial score (nSPS) is 11.0. The molecule has 0 bridgehead atoms. The van der Waals surface area contributed by atoms with Gasteiger partial charge in [-0.1, -0.05) is 53.6 Å². The number of amides is 1. The molecule has 3 aromatic rings. The molecule has 0 aliphatic carbocycles. The number of halogens is 1. The number of carbonyl (C=O) groups is 1. The van der Waals surface area contributed by atoms with Gasteiger partial charge in [0.25, 0.3) is 5.91 Å². The molecule has 0 unspecified atom stereocenters. The summed E-state index contributed by atoms with van der Waals surface area (Å²) >= 11 is 6.19. The number of nitrogens with one attached hydrogen (secondary N) is 1. The van der Waals surface area contributed by atoms with E-state index in [9.17, 15) is 10.1 Å². The van der Waals surface area contributed by atoms with Crippen molar-refractivity contribution >= 4 is 29.3 Å². The Hall–Kier alpha value is -3.75. The number of hydrogen-bond donors (Lipinski definition) is 1. The lowest BCUT2D eigenvalue weighted by atomic mass is 10.0. The Bertz CT molecular complexity index is 1240. The van der Waals surface area contributed by atoms with Gasteiger partial charge in [-0.3, -0.25) is 4.79 Å². The van der Waals surface area contributed by atoms with Gasteiger partial charge in [-0.25, -0.2) is 0 Å². The van der Waals surface area contributed by atoms with Crippen LogP contribution in [0.1, 0.15) is 27.8 Å². The second-order valence-corrected chi connectivity index (χ2v) is 8.10. The number of aryl methyl sites for hydroxylation is 3. The Kier molecular flexibility index (Phi) is 7.76. The zero-order chi connectivity index (χ0) is 24.0. The summed E-state index contributed by atoms with van der Waals surface area (Å²) in [5.41, 5.74) is 5.20. The lowest BCUT2D eigenvalue weighted by Gasteiger charge is -2.13. The summed E-state index contributed by atoms with van der Waals surface area (Å²) in [6.45, 7) is 6.14. The Morgan fingerprint density at radius 3 is 2.39 bits per heavy atom. The second kappa shape index (κ2) is 10.7. The molecule has 168 valence electrons. The molecule has 0 saturated heterocycles. The molecule has 3 aromatic carbocycles. The fourth-order valence-electron chi connectivity index (χ4n) is 3.54. The number of benzene rings is 3. The maximum Gasteiger partial charge on any atom is 0.266 e. The summed E-state index contributed by atoms with van der Waals surface area (Å²) in [4.78, 5) is 12.8. The number of anilines is 1. The van der Waals surface area contributed by atoms with Crippen molar-refractivity contribution in [3.8, 4) is 17.6 Å². The highest BCUT2D eigenvalue weighted by atomic mass is 35.5. The highest BCUT2D eigenvalue weighted by Crippen LogP contribution is 2.30. The van der Waals surface area contributed by atoms with E-state index in [4.69, 9.17) is 21.1 Å². The van der Waals surface area contributed by atoms with E-state index in [-0.39, 0.29) is 12.2 Å². The SMILES string of the molecule is COc1cc(C=C(C#N)C(=O)Nc2c(C)cc(C)cc2C)ccc1OCc1ccccc1Cl. The van der Waals surface area contributed by atoms with Crippen LogP contribution < -0.4 is 14.8 Å². The second-order valence-electron chi connectivity index (χ2n) is 7.69. The number of nitrogens with zero attached hydrogens (tertiary/aromatic N) is 1. The van der Waals surface area contributed by atoms with Crippen LogP contribution >= 0.6 is 11.6 Å². The van der Waals surface area contributed by atoms with Gasteiger partial charge >= 0.3 is 0 Å². The smallest absolute Gasteiger partial charge is 0.266 e. The van der Waals surface area contributed by atoms with Gasteiger partial charge < -0.3 is 14.8 Å². The van der Waals surface area contributed by atoms with Gasteiger partial charge in [0, 0.05) is 16.3 Å². The fraction of sp³-hybridized carbons (Fsp3) is 0.185. The fourth-order valence-corrected chi connectivity index (χ4v) is 3.73. The molecule has 5 nitrogen and oxygen atoms in total. The molecule has 1 amide bonds. The van der Waals surface area contributed by atoms with Gasteiger partial charge in [0.2, 0.25) is 0 Å². The lowest BCUT2D eigenvalue weighted by molar-refractivity contribution is -0.112. The van der Waals surface area contributed by atoms with Crippen molar-refractivity contribution in [2.75, 3.05) is 12.4 Å². The van der Waals surface area contributed by atoms with E-state index in [0.29, 0.717) is 27.8 Å². The molecule has 0 aliphatic rings. The number of methoxy groups -OCH3 is 1. The maximum atomic E-state index is 12.8. The van der Waals surface area contributed by atoms with Crippen molar-refractivity contribution in [3.63, 3.8) is 0 Å². The minimum Gasteiger partial charge on any atom is -0.493 e. The molecule has 0 heterocycles. The first-order valence-corrected chi connectivity index (χ1v) is 10.8. The third-order valence-corrected chi connectivity index (χ3v) is 5.49. The first-order chi connectivity index (χ1) is 15.8. The number of carbonyl (C=O) groups excluding carboxylic acids is 1. The first kappa shape index (κ1) is 23.9. The average Bonchev–Trinajstić information content (AvgIpc) is 2.79. The molecule has 33 heavy (non-hydrogen) atoms. The molecule has 6 heteroatoms. The lowest BCUT2D eigenvalue weighted by Crippen LogP contribution is -2.15. The van der Waals surface area contributed by atoms with Crippen LogP contribution in [0.5, 0.6) is 11.5 Å². The number of hydrogen-bond acceptors (Lipinski definition) is 4. The molecule has 0 radical (unpaired) electrons. The standard InChI is InChI=1S/C27H25ClN2O3/c1-17-11-18(2)26(19(3)12-17)30-27(31)22(15-29)13-20-9-10-24(25(14-20)32-4)33-16-21-7-5-6-8-23(21)28/h5-14H,16H2,1-4H3,(H,30,31). The Morgan fingerprint density at radius 1 is 1.06 bits per heavy atom. The van der Waals surface area contributed by atoms with Crippen LogP contribution in [0, 0.1) is 32.1 Å². The van der Waals surface area contributed by atoms with Crippen molar-refractivity contribution in [1.29, 1.82) is 5.26 Å². The van der Waals surface area contributed by atoms with E-state index in [1.807, 2.05) is 57.2 Å². The van der Waals surface area contributed by atoms with E-state index in [2.05, 4.69) is 5.32 Å². The van der Waals surface area contributed by atoms with E-state index < -0.39 is 5.91 Å². The van der Waals surface area contributed by atoms with Gasteiger partial charge in [-0.05, 0) is 61.7 Å². The van der Waals surface area contributed by atoms with E-state index in [1.54, 1.807) is 24.3 Å². The summed E-state index contributed by atoms with van der Waals surface area (Å²) in [6.07, 6.45) is 1.52. The van der Waals surface area contributed by atoms with Gasteiger partial charge in [-0.2, -0.15) is 5.26 Å². The first-order valence-electron chi connectivity index (χ1n) is 10.4. The topological polar surface area (TPSA) is 71.3 Å². The minimum atomic E-state index is -0.467. The summed E-state index contributed by atoms with van der Waals surface area (Å²) in [5.74, 6) is 0.549. The van der Waals surface area contributed by atoms with Crippen LogP contribution in [0.4, 0.5) is 5.69 Å². The van der Waals surface area contributed by atoms with E-state index >= 15 is 0 Å². The summed E-state index contributed by atoms with van der Waals surface area (Å²) < 4.78 is 11.3. The van der Waals surface area contributed by atoms with Crippen molar-refractivity contribution in [2.45, 2.75) is 27.4 Å². The van der Waals surface area contributed by atoms with Crippen LogP contribution in [-0.2, 0) is 11.4 Å². The van der Waals surface area contributed by atoms with Crippen LogP contribution in [0.25, 0.3) is 6.08 Å². The van der Waals surface area contributed by atoms with Crippen molar-refractivity contribution in [3.05, 3.63) is 93.0 Å². The highest BCUT2D eigenvalue weighted by Gasteiger charge is 2.14. The highest BCUT2D eigenvalue weighted by molar-refractivity contribution is 6.31. The molecular weight excluding hydrogens is 436 g/mol. The van der Waals surface area contributed by atoms with Crippen LogP contribution in [0.3, 0.4) is 0 Å². The zero-order valence-electron chi connectivity index (χ0n) is 19.0. The van der Waals surface area contributed by atoms with Crippen LogP contribution in [0.15, 0.2) is 60.2 Å². The predicted octanol–water partition coefficient (Wildman–Crippen LogP) is 6.40. The molecule has 0 atom stereocenters. The summed E-state index contributed by atoms with van der Waals surface area (Å²) in [6, 6.07) is 18.6. The Balaban J connectivity index is 1.80. The third kappa shape index (κ3) is 5.94. The largest absolute Gasteiger partial charge is 0.493 e. The van der Waals surface area contributed by atoms with Crippen LogP contribution in [-0.4, -0.2) is 13.0 Å². The Morgan fingerprint density at radius 2 is 1.76 bits per heavy atom. The van der Waals surface area contributed by atoms with Gasteiger partial charge in [0.1, 0.15) is 18.2 Å². The molecule has 0 spiro atoms. The van der Waals surface area contributed by atoms with Crippen molar-refractivity contribution in [2.24, 2.45) is 0 Å². The quantitative estimate of drug-likeness (QED) is 0.327. The third-order valence-electron chi connectivity index (χ3n) is 5.12. The van der Waals surface area contributed by atoms with Gasteiger partial charge in [0.15, 0.2) is 11.5 Å². The molecule has 3 rings (SSSR count). The van der Waals surface area contributed by atoms with Gasteiger partial charge in [0.05, 0.1) is 7.11 Å². The van der Waals surface area contributed by atoms with Gasteiger partial charge in [-0.15, -0.1) is 0 Å². The van der Waals surface area contributed by atoms with Crippen molar-refractivity contribution in [1.82, 2.24) is 0 Å². The molecule has 0 aromatic heterocycles. The average molecular weight is 461 g/mol. The predicted molar refractivity (Wildman–Crippen MR) is 132 cm³/mol. The summed E-state index contributed by atoms with van der Waals surface area (Å²) in [5, 5.41) is 13.1. The summed E-state index contributed by atoms with van der Waals surface area (Å²) in [7, 11) is 1.53. The minimum absolute atomic E-state index is 0.0128. The molecule has 0 saturated carbocycles. The molecule has 0 fully saturated rings.